The molecule has 0 aromatic carbocycles. The lowest BCUT2D eigenvalue weighted by molar-refractivity contribution is 0.169. The molecule has 0 amide bonds. The zero-order valence-electron chi connectivity index (χ0n) is 10.8. The van der Waals surface area contributed by atoms with E-state index in [-0.39, 0.29) is 6.04 Å². The van der Waals surface area contributed by atoms with Crippen LogP contribution >= 0.6 is 0 Å². The molecule has 17 heavy (non-hydrogen) atoms. The monoisotopic (exact) mass is 239 g/mol. The van der Waals surface area contributed by atoms with Crippen LogP contribution in [0.1, 0.15) is 19.0 Å². The Bertz CT molecular complexity index is 320. The van der Waals surface area contributed by atoms with Crippen molar-refractivity contribution in [3.63, 3.8) is 0 Å². The zero-order valence-corrected chi connectivity index (χ0v) is 10.8. The summed E-state index contributed by atoms with van der Waals surface area (Å²) >= 11 is 0. The Kier molecular flexibility index (Phi) is 6.50. The summed E-state index contributed by atoms with van der Waals surface area (Å²) in [6, 6.07) is 2.14. The van der Waals surface area contributed by atoms with E-state index in [4.69, 9.17) is 9.47 Å². The number of methoxy groups -OCH3 is 1. The second-order valence-corrected chi connectivity index (χ2v) is 3.84. The summed E-state index contributed by atoms with van der Waals surface area (Å²) < 4.78 is 10.6. The average molecular weight is 239 g/mol. The Balaban J connectivity index is 2.57. The molecule has 5 heteroatoms. The van der Waals surface area contributed by atoms with Crippen LogP contribution in [0.15, 0.2) is 12.4 Å². The van der Waals surface area contributed by atoms with Gasteiger partial charge in [-0.2, -0.15) is 0 Å². The summed E-state index contributed by atoms with van der Waals surface area (Å²) in [7, 11) is 3.61. The van der Waals surface area contributed by atoms with Gasteiger partial charge in [-0.05, 0) is 13.5 Å². The van der Waals surface area contributed by atoms with E-state index in [1.165, 1.54) is 0 Å². The Morgan fingerprint density at radius 2 is 2.24 bits per heavy atom. The second-order valence-electron chi connectivity index (χ2n) is 3.84. The maximum atomic E-state index is 5.47. The second kappa shape index (κ2) is 7.97. The van der Waals surface area contributed by atoms with Crippen molar-refractivity contribution in [2.24, 2.45) is 0 Å². The summed E-state index contributed by atoms with van der Waals surface area (Å²) in [6.45, 7) is 3.41. The molecule has 0 spiro atoms. The summed E-state index contributed by atoms with van der Waals surface area (Å²) in [5.41, 5.74) is 0.961. The SMILES string of the molecule is CCCOc1cc(CC(COC)NC)ncn1. The van der Waals surface area contributed by atoms with E-state index in [9.17, 15) is 0 Å². The molecule has 1 aromatic rings. The van der Waals surface area contributed by atoms with Crippen molar-refractivity contribution in [3.8, 4) is 5.88 Å². The number of nitrogens with one attached hydrogen (secondary N) is 1. The molecule has 1 unspecified atom stereocenters. The van der Waals surface area contributed by atoms with Crippen molar-refractivity contribution in [2.75, 3.05) is 27.4 Å². The molecule has 0 saturated heterocycles. The quantitative estimate of drug-likeness (QED) is 0.734. The number of ether oxygens (including phenoxy) is 2. The average Bonchev–Trinajstić information content (AvgIpc) is 2.36. The highest BCUT2D eigenvalue weighted by atomic mass is 16.5. The highest BCUT2D eigenvalue weighted by molar-refractivity contribution is 5.14. The fourth-order valence-corrected chi connectivity index (χ4v) is 1.47. The van der Waals surface area contributed by atoms with Crippen LogP contribution in [0.5, 0.6) is 5.88 Å². The van der Waals surface area contributed by atoms with E-state index in [1.54, 1.807) is 13.4 Å². The van der Waals surface area contributed by atoms with E-state index < -0.39 is 0 Å². The van der Waals surface area contributed by atoms with Gasteiger partial charge in [-0.1, -0.05) is 6.92 Å². The summed E-state index contributed by atoms with van der Waals surface area (Å²) in [5.74, 6) is 0.643. The number of hydrogen-bond donors (Lipinski definition) is 1. The van der Waals surface area contributed by atoms with Gasteiger partial charge in [0.15, 0.2) is 0 Å². The van der Waals surface area contributed by atoms with E-state index in [1.807, 2.05) is 13.1 Å². The minimum atomic E-state index is 0.258. The van der Waals surface area contributed by atoms with Crippen molar-refractivity contribution in [1.82, 2.24) is 15.3 Å². The lowest BCUT2D eigenvalue weighted by atomic mass is 10.1. The maximum Gasteiger partial charge on any atom is 0.216 e. The van der Waals surface area contributed by atoms with Crippen LogP contribution in [0, 0.1) is 0 Å². The number of rotatable bonds is 8. The van der Waals surface area contributed by atoms with Gasteiger partial charge in [-0.15, -0.1) is 0 Å². The van der Waals surface area contributed by atoms with Crippen LogP contribution in [0.2, 0.25) is 0 Å². The van der Waals surface area contributed by atoms with Crippen LogP contribution in [-0.4, -0.2) is 43.4 Å². The molecule has 1 heterocycles. The fraction of sp³-hybridized carbons (Fsp3) is 0.667. The highest BCUT2D eigenvalue weighted by Crippen LogP contribution is 2.09. The zero-order chi connectivity index (χ0) is 12.5. The highest BCUT2D eigenvalue weighted by Gasteiger charge is 2.08. The number of nitrogens with zero attached hydrogens (tertiary/aromatic N) is 2. The molecule has 5 nitrogen and oxygen atoms in total. The molecule has 1 atom stereocenters. The minimum Gasteiger partial charge on any atom is -0.478 e. The largest absolute Gasteiger partial charge is 0.478 e. The van der Waals surface area contributed by atoms with E-state index in [0.717, 1.165) is 18.5 Å². The van der Waals surface area contributed by atoms with Gasteiger partial charge in [0.25, 0.3) is 0 Å². The van der Waals surface area contributed by atoms with Gasteiger partial charge in [0.05, 0.1) is 13.2 Å². The maximum absolute atomic E-state index is 5.47. The van der Waals surface area contributed by atoms with Crippen molar-refractivity contribution in [3.05, 3.63) is 18.1 Å². The number of aromatic nitrogens is 2. The van der Waals surface area contributed by atoms with Crippen LogP contribution in [0.4, 0.5) is 0 Å². The number of likely N-dealkylation sites (N-methyl/N-ethyl adjacent to an activating group) is 1. The van der Waals surface area contributed by atoms with Gasteiger partial charge >= 0.3 is 0 Å². The van der Waals surface area contributed by atoms with Crippen LogP contribution in [0.3, 0.4) is 0 Å². The molecule has 96 valence electrons. The summed E-state index contributed by atoms with van der Waals surface area (Å²) in [4.78, 5) is 8.30. The van der Waals surface area contributed by atoms with Crippen molar-refractivity contribution in [1.29, 1.82) is 0 Å². The van der Waals surface area contributed by atoms with Crippen molar-refractivity contribution >= 4 is 0 Å². The van der Waals surface area contributed by atoms with E-state index in [0.29, 0.717) is 19.1 Å². The van der Waals surface area contributed by atoms with E-state index >= 15 is 0 Å². The van der Waals surface area contributed by atoms with Gasteiger partial charge in [-0.3, -0.25) is 0 Å². The molecular formula is C12H21N3O2. The fourth-order valence-electron chi connectivity index (χ4n) is 1.47. The lowest BCUT2D eigenvalue weighted by Crippen LogP contribution is -2.32. The third-order valence-electron chi connectivity index (χ3n) is 2.38. The van der Waals surface area contributed by atoms with Gasteiger partial charge in [0.1, 0.15) is 6.33 Å². The molecule has 0 saturated carbocycles. The summed E-state index contributed by atoms with van der Waals surface area (Å²) in [5, 5.41) is 3.19. The smallest absolute Gasteiger partial charge is 0.216 e. The predicted octanol–water partition coefficient (Wildman–Crippen LogP) is 1.04. The molecule has 1 N–H and O–H groups in total. The molecule has 0 aliphatic carbocycles. The third kappa shape index (κ3) is 5.10. The van der Waals surface area contributed by atoms with E-state index in [2.05, 4.69) is 22.2 Å². The molecule has 1 rings (SSSR count). The topological polar surface area (TPSA) is 56.3 Å². The predicted molar refractivity (Wildman–Crippen MR) is 66.2 cm³/mol. The summed E-state index contributed by atoms with van der Waals surface area (Å²) in [6.07, 6.45) is 3.32. The normalized spacial score (nSPS) is 12.4. The Morgan fingerprint density at radius 3 is 2.88 bits per heavy atom. The molecule has 0 radical (unpaired) electrons. The van der Waals surface area contributed by atoms with Crippen molar-refractivity contribution < 1.29 is 9.47 Å². The Morgan fingerprint density at radius 1 is 1.41 bits per heavy atom. The lowest BCUT2D eigenvalue weighted by Gasteiger charge is -2.14. The molecule has 0 aliphatic heterocycles. The first-order chi connectivity index (χ1) is 8.30. The van der Waals surface area contributed by atoms with Gasteiger partial charge in [0.2, 0.25) is 5.88 Å². The molecule has 0 aliphatic rings. The molecule has 0 bridgehead atoms. The first kappa shape index (κ1) is 13.9. The first-order valence-electron chi connectivity index (χ1n) is 5.90. The van der Waals surface area contributed by atoms with Crippen molar-refractivity contribution in [2.45, 2.75) is 25.8 Å². The first-order valence-corrected chi connectivity index (χ1v) is 5.90. The molecule has 0 fully saturated rings. The van der Waals surface area contributed by atoms with Gasteiger partial charge < -0.3 is 14.8 Å². The van der Waals surface area contributed by atoms with Crippen LogP contribution < -0.4 is 10.1 Å². The van der Waals surface area contributed by atoms with Crippen LogP contribution in [-0.2, 0) is 11.2 Å². The van der Waals surface area contributed by atoms with Gasteiger partial charge in [0, 0.05) is 31.3 Å². The Hall–Kier alpha value is -1.20. The Labute approximate surface area is 103 Å². The minimum absolute atomic E-state index is 0.258. The molecule has 1 aromatic heterocycles. The van der Waals surface area contributed by atoms with Gasteiger partial charge in [-0.25, -0.2) is 9.97 Å². The molecular weight excluding hydrogens is 218 g/mol. The van der Waals surface area contributed by atoms with Crippen LogP contribution in [0.25, 0.3) is 0 Å². The standard InChI is InChI=1S/C12H21N3O2/c1-4-5-17-12-7-10(14-9-15-12)6-11(13-2)8-16-3/h7,9,11,13H,4-6,8H2,1-3H3. The third-order valence-corrected chi connectivity index (χ3v) is 2.38. The number of hydrogen-bond acceptors (Lipinski definition) is 5.